The summed E-state index contributed by atoms with van der Waals surface area (Å²) in [6.07, 6.45) is 3.46. The molecule has 0 amide bonds. The van der Waals surface area contributed by atoms with Crippen LogP contribution in [0, 0.1) is 28.1 Å². The molecule has 4 saturated heterocycles. The van der Waals surface area contributed by atoms with Crippen molar-refractivity contribution in [3.63, 3.8) is 0 Å². The maximum atomic E-state index is 14.2. The van der Waals surface area contributed by atoms with E-state index < -0.39 is 45.6 Å². The Morgan fingerprint density at radius 1 is 0.971 bits per heavy atom. The van der Waals surface area contributed by atoms with E-state index in [1.165, 1.54) is 0 Å². The molecule has 4 aliphatic heterocycles. The highest BCUT2D eigenvalue weighted by Gasteiger charge is 2.89. The first-order chi connectivity index (χ1) is 16.0. The molecule has 0 bridgehead atoms. The monoisotopic (exact) mass is 470 g/mol. The van der Waals surface area contributed by atoms with Crippen molar-refractivity contribution in [3.05, 3.63) is 24.2 Å². The summed E-state index contributed by atoms with van der Waals surface area (Å²) in [7, 11) is 0. The summed E-state index contributed by atoms with van der Waals surface area (Å²) in [5, 5.41) is 0. The average Bonchev–Trinajstić information content (AvgIpc) is 3.26. The third kappa shape index (κ3) is 2.02. The number of rotatable bonds is 1. The summed E-state index contributed by atoms with van der Waals surface area (Å²) in [5.41, 5.74) is -2.78. The molecule has 5 heterocycles. The third-order valence-electron chi connectivity index (χ3n) is 10.7. The van der Waals surface area contributed by atoms with Crippen LogP contribution in [-0.4, -0.2) is 47.7 Å². The molecule has 2 aliphatic carbocycles. The van der Waals surface area contributed by atoms with Crippen LogP contribution in [0.4, 0.5) is 0 Å². The van der Waals surface area contributed by atoms with Gasteiger partial charge in [-0.05, 0) is 45.6 Å². The van der Waals surface area contributed by atoms with Crippen LogP contribution in [-0.2, 0) is 33.3 Å². The number of hydrogen-bond donors (Lipinski definition) is 0. The van der Waals surface area contributed by atoms with E-state index in [1.54, 1.807) is 12.5 Å². The first-order valence-electron chi connectivity index (χ1n) is 12.3. The van der Waals surface area contributed by atoms with Crippen molar-refractivity contribution in [2.24, 2.45) is 28.1 Å². The normalized spacial score (nSPS) is 52.4. The molecule has 182 valence electrons. The zero-order valence-corrected chi connectivity index (χ0v) is 19.9. The van der Waals surface area contributed by atoms with Crippen molar-refractivity contribution in [1.82, 2.24) is 0 Å². The lowest BCUT2D eigenvalue weighted by molar-refractivity contribution is -0.225. The Morgan fingerprint density at radius 2 is 1.76 bits per heavy atom. The zero-order chi connectivity index (χ0) is 23.9. The van der Waals surface area contributed by atoms with E-state index in [0.717, 1.165) is 12.0 Å². The summed E-state index contributed by atoms with van der Waals surface area (Å²) < 4.78 is 29.8. The molecule has 9 atom stereocenters. The maximum absolute atomic E-state index is 14.2. The number of ketones is 1. The number of esters is 2. The molecule has 0 radical (unpaired) electrons. The SMILES string of the molecule is CC1(C)OC2CC(=O)OC[C@@]23[C@@H]1CC(=O)[C@]1(C)[C@H]3CC[C@@]2(C)C(c3ccoc3)OC(=O)C3O[C@]321. The van der Waals surface area contributed by atoms with E-state index >= 15 is 0 Å². The number of Topliss-reactive ketones (excluding diaryl/α,β-unsaturated/α-hetero) is 1. The summed E-state index contributed by atoms with van der Waals surface area (Å²) in [5.74, 6) is -0.780. The lowest BCUT2D eigenvalue weighted by atomic mass is 9.37. The second-order valence-corrected chi connectivity index (χ2v) is 12.2. The van der Waals surface area contributed by atoms with E-state index in [2.05, 4.69) is 6.92 Å². The number of fused-ring (bicyclic) bond motifs is 1. The molecular formula is C26H30O8. The van der Waals surface area contributed by atoms with E-state index in [4.69, 9.17) is 23.4 Å². The van der Waals surface area contributed by atoms with Gasteiger partial charge in [0.25, 0.3) is 0 Å². The van der Waals surface area contributed by atoms with Crippen molar-refractivity contribution >= 4 is 17.7 Å². The van der Waals surface area contributed by atoms with Crippen LogP contribution < -0.4 is 0 Å². The first kappa shape index (κ1) is 21.1. The number of epoxide rings is 1. The molecule has 3 unspecified atom stereocenters. The van der Waals surface area contributed by atoms with Gasteiger partial charge in [-0.3, -0.25) is 9.59 Å². The van der Waals surface area contributed by atoms with Gasteiger partial charge in [0.2, 0.25) is 0 Å². The fourth-order valence-electron chi connectivity index (χ4n) is 9.34. The van der Waals surface area contributed by atoms with Crippen LogP contribution in [0.25, 0.3) is 0 Å². The molecule has 34 heavy (non-hydrogen) atoms. The van der Waals surface area contributed by atoms with Gasteiger partial charge in [-0.25, -0.2) is 4.79 Å². The molecule has 6 fully saturated rings. The lowest BCUT2D eigenvalue weighted by Gasteiger charge is -2.65. The highest BCUT2D eigenvalue weighted by atomic mass is 16.7. The van der Waals surface area contributed by atoms with Gasteiger partial charge in [0.1, 0.15) is 24.1 Å². The number of ether oxygens (including phenoxy) is 4. The second-order valence-electron chi connectivity index (χ2n) is 12.2. The molecule has 8 nitrogen and oxygen atoms in total. The van der Waals surface area contributed by atoms with Crippen molar-refractivity contribution in [2.75, 3.05) is 6.61 Å². The molecule has 0 aromatic carbocycles. The standard InChI is InChI=1S/C26H30O8/c1-22(2)15-9-16(27)24(4)14(25(15)12-31-18(28)10-17(25)33-22)5-7-23(3)19(13-6-8-30-11-13)32-21(29)20-26(23,24)34-20/h6,8,11,14-15,17,19-20H,5,7,9-10,12H2,1-4H3/t14-,15-,17?,19?,20?,23+,24+,25-,26-/m1/s1. The molecular weight excluding hydrogens is 440 g/mol. The van der Waals surface area contributed by atoms with Crippen molar-refractivity contribution in [1.29, 1.82) is 0 Å². The van der Waals surface area contributed by atoms with Gasteiger partial charge in [0.15, 0.2) is 6.10 Å². The van der Waals surface area contributed by atoms with Crippen molar-refractivity contribution in [3.8, 4) is 0 Å². The maximum Gasteiger partial charge on any atom is 0.339 e. The largest absolute Gasteiger partial charge is 0.472 e. The molecule has 2 saturated carbocycles. The molecule has 2 spiro atoms. The number of carbonyl (C=O) groups is 3. The van der Waals surface area contributed by atoms with E-state index in [9.17, 15) is 14.4 Å². The van der Waals surface area contributed by atoms with Crippen molar-refractivity contribution < 1.29 is 37.7 Å². The minimum Gasteiger partial charge on any atom is -0.472 e. The minimum atomic E-state index is -0.976. The van der Waals surface area contributed by atoms with Crippen LogP contribution in [0.2, 0.25) is 0 Å². The fraction of sp³-hybridized carbons (Fsp3) is 0.731. The summed E-state index contributed by atoms with van der Waals surface area (Å²) in [6.45, 7) is 8.36. The molecule has 6 aliphatic rings. The van der Waals surface area contributed by atoms with Crippen molar-refractivity contribution in [2.45, 2.75) is 82.9 Å². The number of hydrogen-bond acceptors (Lipinski definition) is 8. The Balaban J connectivity index is 1.41. The number of furan rings is 1. The zero-order valence-electron chi connectivity index (χ0n) is 19.9. The van der Waals surface area contributed by atoms with Gasteiger partial charge >= 0.3 is 11.9 Å². The first-order valence-corrected chi connectivity index (χ1v) is 12.3. The quantitative estimate of drug-likeness (QED) is 0.455. The molecule has 0 N–H and O–H groups in total. The Morgan fingerprint density at radius 3 is 2.50 bits per heavy atom. The van der Waals surface area contributed by atoms with Crippen LogP contribution in [0.1, 0.15) is 65.0 Å². The summed E-state index contributed by atoms with van der Waals surface area (Å²) in [6, 6.07) is 1.81. The summed E-state index contributed by atoms with van der Waals surface area (Å²) >= 11 is 0. The van der Waals surface area contributed by atoms with Gasteiger partial charge in [-0.15, -0.1) is 0 Å². The molecule has 7 rings (SSSR count). The smallest absolute Gasteiger partial charge is 0.339 e. The van der Waals surface area contributed by atoms with Gasteiger partial charge in [0.05, 0.1) is 36.1 Å². The van der Waals surface area contributed by atoms with Gasteiger partial charge in [0, 0.05) is 28.7 Å². The Hall–Kier alpha value is -2.19. The average molecular weight is 471 g/mol. The van der Waals surface area contributed by atoms with Gasteiger partial charge in [-0.1, -0.05) is 6.92 Å². The highest BCUT2D eigenvalue weighted by molar-refractivity contribution is 5.93. The topological polar surface area (TPSA) is 105 Å². The van der Waals surface area contributed by atoms with Crippen LogP contribution in [0.5, 0.6) is 0 Å². The van der Waals surface area contributed by atoms with E-state index in [-0.39, 0.29) is 42.7 Å². The predicted octanol–water partition coefficient (Wildman–Crippen LogP) is 3.14. The van der Waals surface area contributed by atoms with Crippen LogP contribution >= 0.6 is 0 Å². The molecule has 8 heteroatoms. The highest BCUT2D eigenvalue weighted by Crippen LogP contribution is 2.79. The van der Waals surface area contributed by atoms with E-state index in [0.29, 0.717) is 12.8 Å². The minimum absolute atomic E-state index is 0.0677. The molecule has 1 aromatic rings. The summed E-state index contributed by atoms with van der Waals surface area (Å²) in [4.78, 5) is 39.7. The van der Waals surface area contributed by atoms with Crippen LogP contribution in [0.3, 0.4) is 0 Å². The lowest BCUT2D eigenvalue weighted by Crippen LogP contribution is -2.72. The van der Waals surface area contributed by atoms with Gasteiger partial charge in [-0.2, -0.15) is 0 Å². The fourth-order valence-corrected chi connectivity index (χ4v) is 9.34. The Kier molecular flexibility index (Phi) is 3.70. The third-order valence-corrected chi connectivity index (χ3v) is 10.7. The van der Waals surface area contributed by atoms with Crippen LogP contribution in [0.15, 0.2) is 23.0 Å². The van der Waals surface area contributed by atoms with E-state index in [1.807, 2.05) is 26.8 Å². The number of cyclic esters (lactones) is 2. The number of carbonyl (C=O) groups excluding carboxylic acids is 3. The second kappa shape index (κ2) is 5.95. The predicted molar refractivity (Wildman–Crippen MR) is 114 cm³/mol. The Labute approximate surface area is 197 Å². The van der Waals surface area contributed by atoms with Gasteiger partial charge < -0.3 is 23.4 Å². The Bertz CT molecular complexity index is 1120. The molecule has 1 aromatic heterocycles.